The minimum atomic E-state index is -0.948. The first-order valence-electron chi connectivity index (χ1n) is 13.6. The van der Waals surface area contributed by atoms with Crippen molar-refractivity contribution in [3.8, 4) is 40.5 Å². The molecule has 2 atom stereocenters. The highest BCUT2D eigenvalue weighted by atomic mass is 35.5. The van der Waals surface area contributed by atoms with Crippen molar-refractivity contribution in [1.82, 2.24) is 9.97 Å². The van der Waals surface area contributed by atoms with Gasteiger partial charge in [-0.1, -0.05) is 35.5 Å². The van der Waals surface area contributed by atoms with E-state index in [1.807, 2.05) is 6.07 Å². The van der Waals surface area contributed by atoms with Gasteiger partial charge in [0.2, 0.25) is 5.89 Å². The smallest absolute Gasteiger partial charge is 0.323 e. The minimum Gasteiger partial charge on any atom is -0.490 e. The number of thioether (sulfide) groups is 1. The second-order valence-corrected chi connectivity index (χ2v) is 11.1. The van der Waals surface area contributed by atoms with Crippen LogP contribution < -0.4 is 21.9 Å². The topological polar surface area (TPSA) is 226 Å². The molecule has 0 aliphatic rings. The van der Waals surface area contributed by atoms with E-state index in [-0.39, 0.29) is 36.7 Å². The molecule has 46 heavy (non-hydrogen) atoms. The third-order valence-electron chi connectivity index (χ3n) is 6.25. The maximum atomic E-state index is 12.0. The van der Waals surface area contributed by atoms with E-state index >= 15 is 0 Å². The highest BCUT2D eigenvalue weighted by Gasteiger charge is 2.23. The van der Waals surface area contributed by atoms with Gasteiger partial charge in [0.15, 0.2) is 6.10 Å². The average molecular weight is 662 g/mol. The first kappa shape index (κ1) is 33.8. The summed E-state index contributed by atoms with van der Waals surface area (Å²) in [7, 11) is 0. The van der Waals surface area contributed by atoms with Gasteiger partial charge in [0.25, 0.3) is 0 Å². The Balaban J connectivity index is 1.52. The molecule has 0 unspecified atom stereocenters. The number of hydrogen-bond donors (Lipinski definition) is 3. The largest absolute Gasteiger partial charge is 0.490 e. The van der Waals surface area contributed by atoms with Crippen molar-refractivity contribution in [3.05, 3.63) is 76.6 Å². The van der Waals surface area contributed by atoms with Crippen molar-refractivity contribution in [2.45, 2.75) is 29.8 Å². The zero-order valence-electron chi connectivity index (χ0n) is 24.4. The number of aromatic nitrogens is 2. The number of nitriles is 2. The number of pyridine rings is 1. The second kappa shape index (κ2) is 15.7. The number of halogens is 1. The van der Waals surface area contributed by atoms with Gasteiger partial charge < -0.3 is 35.8 Å². The highest BCUT2D eigenvalue weighted by molar-refractivity contribution is 7.98. The van der Waals surface area contributed by atoms with Crippen LogP contribution in [0.25, 0.3) is 22.6 Å². The molecule has 15 heteroatoms. The Morgan fingerprint density at radius 2 is 1.70 bits per heavy atom. The summed E-state index contributed by atoms with van der Waals surface area (Å²) in [6.45, 7) is 0.681. The molecule has 4 rings (SSSR count). The standard InChI is InChI=1S/C31H28ClN7O6S/c1-17(36)31(41)45-23(15-43-26(40)12-35)14-42-22-8-4-18(5-9-22)27-24(10-33)28(37)39-30(25(27)11-34)46-16-21-13-44-29(38-21)19-2-6-20(32)7-3-19/h2-9,13,17,23H,12,14-16,35-36H2,1H3,(H2,37,39)/t17-,23+/m1/s1. The first-order chi connectivity index (χ1) is 22.1. The molecule has 0 amide bonds. The lowest BCUT2D eigenvalue weighted by Crippen LogP contribution is -2.37. The Bertz CT molecular complexity index is 1780. The summed E-state index contributed by atoms with van der Waals surface area (Å²) in [6.07, 6.45) is 0.565. The van der Waals surface area contributed by atoms with E-state index in [1.54, 1.807) is 48.5 Å². The Labute approximate surface area is 273 Å². The van der Waals surface area contributed by atoms with Crippen LogP contribution in [0.4, 0.5) is 5.82 Å². The monoisotopic (exact) mass is 661 g/mol. The van der Waals surface area contributed by atoms with E-state index in [0.717, 1.165) is 5.56 Å². The molecule has 2 aromatic heterocycles. The van der Waals surface area contributed by atoms with E-state index in [1.165, 1.54) is 24.9 Å². The normalized spacial score (nSPS) is 12.0. The Morgan fingerprint density at radius 3 is 2.33 bits per heavy atom. The van der Waals surface area contributed by atoms with Crippen molar-refractivity contribution in [3.63, 3.8) is 0 Å². The number of carbonyl (C=O) groups excluding carboxylic acids is 2. The van der Waals surface area contributed by atoms with E-state index < -0.39 is 24.1 Å². The molecular weight excluding hydrogens is 634 g/mol. The molecule has 4 aromatic rings. The zero-order chi connectivity index (χ0) is 33.2. The Hall–Kier alpha value is -5.12. The number of benzene rings is 2. The van der Waals surface area contributed by atoms with E-state index in [0.29, 0.717) is 44.3 Å². The minimum absolute atomic E-state index is 0.0350. The van der Waals surface area contributed by atoms with Gasteiger partial charge in [0.05, 0.1) is 17.8 Å². The summed E-state index contributed by atoms with van der Waals surface area (Å²) in [6, 6.07) is 16.9. The third kappa shape index (κ3) is 8.53. The molecule has 2 heterocycles. The molecular formula is C31H28ClN7O6S. The van der Waals surface area contributed by atoms with E-state index in [4.69, 9.17) is 47.4 Å². The maximum absolute atomic E-state index is 12.0. The predicted molar refractivity (Wildman–Crippen MR) is 169 cm³/mol. The molecule has 2 aromatic carbocycles. The summed E-state index contributed by atoms with van der Waals surface area (Å²) in [4.78, 5) is 32.3. The SMILES string of the molecule is C[C@@H](N)C(=O)O[C@H](COC(=O)CN)COc1ccc(-c2c(C#N)c(N)nc(SCc3coc(-c4ccc(Cl)cc4)n3)c2C#N)cc1. The van der Waals surface area contributed by atoms with Crippen molar-refractivity contribution < 1.29 is 28.2 Å². The van der Waals surface area contributed by atoms with Crippen molar-refractivity contribution in [2.75, 3.05) is 25.5 Å². The lowest BCUT2D eigenvalue weighted by molar-refractivity contribution is -0.160. The number of nitrogens with zero attached hydrogens (tertiary/aromatic N) is 4. The van der Waals surface area contributed by atoms with Gasteiger partial charge in [-0.2, -0.15) is 10.5 Å². The van der Waals surface area contributed by atoms with Crippen LogP contribution in [0.15, 0.2) is 64.2 Å². The number of ether oxygens (including phenoxy) is 3. The summed E-state index contributed by atoms with van der Waals surface area (Å²) in [5.41, 5.74) is 19.4. The second-order valence-electron chi connectivity index (χ2n) is 9.66. The number of nitrogens with two attached hydrogens (primary N) is 3. The van der Waals surface area contributed by atoms with Gasteiger partial charge in [-0.15, -0.1) is 0 Å². The van der Waals surface area contributed by atoms with Gasteiger partial charge >= 0.3 is 11.9 Å². The molecule has 236 valence electrons. The summed E-state index contributed by atoms with van der Waals surface area (Å²) in [5, 5.41) is 20.9. The fraction of sp³-hybridized carbons (Fsp3) is 0.226. The molecule has 6 N–H and O–H groups in total. The zero-order valence-corrected chi connectivity index (χ0v) is 26.0. The predicted octanol–water partition coefficient (Wildman–Crippen LogP) is 3.81. The quantitative estimate of drug-likeness (QED) is 0.137. The average Bonchev–Trinajstić information content (AvgIpc) is 3.54. The molecule has 0 spiro atoms. The van der Waals surface area contributed by atoms with Gasteiger partial charge in [-0.05, 0) is 48.9 Å². The van der Waals surface area contributed by atoms with Crippen LogP contribution in [0.2, 0.25) is 5.02 Å². The van der Waals surface area contributed by atoms with E-state index in [2.05, 4.69) is 16.0 Å². The summed E-state index contributed by atoms with van der Waals surface area (Å²) >= 11 is 7.18. The van der Waals surface area contributed by atoms with Gasteiger partial charge in [0.1, 0.15) is 59.8 Å². The van der Waals surface area contributed by atoms with Crippen LogP contribution in [0, 0.1) is 22.7 Å². The van der Waals surface area contributed by atoms with Crippen LogP contribution in [-0.2, 0) is 24.8 Å². The summed E-state index contributed by atoms with van der Waals surface area (Å²) in [5.74, 6) is -0.316. The van der Waals surface area contributed by atoms with Crippen LogP contribution >= 0.6 is 23.4 Å². The number of rotatable bonds is 13. The number of carbonyl (C=O) groups is 2. The third-order valence-corrected chi connectivity index (χ3v) is 7.51. The van der Waals surface area contributed by atoms with Crippen LogP contribution in [0.1, 0.15) is 23.7 Å². The number of nitrogen functional groups attached to an aromatic ring is 1. The maximum Gasteiger partial charge on any atom is 0.323 e. The molecule has 13 nitrogen and oxygen atoms in total. The van der Waals surface area contributed by atoms with Crippen molar-refractivity contribution in [2.24, 2.45) is 11.5 Å². The lowest BCUT2D eigenvalue weighted by Gasteiger charge is -2.19. The van der Waals surface area contributed by atoms with Crippen molar-refractivity contribution in [1.29, 1.82) is 10.5 Å². The number of oxazole rings is 1. The summed E-state index contributed by atoms with van der Waals surface area (Å²) < 4.78 is 21.6. The first-order valence-corrected chi connectivity index (χ1v) is 15.0. The number of anilines is 1. The van der Waals surface area contributed by atoms with Crippen LogP contribution in [0.3, 0.4) is 0 Å². The highest BCUT2D eigenvalue weighted by Crippen LogP contribution is 2.37. The number of esters is 2. The lowest BCUT2D eigenvalue weighted by atomic mass is 9.97. The molecule has 0 aliphatic heterocycles. The molecule has 0 radical (unpaired) electrons. The number of hydrogen-bond acceptors (Lipinski definition) is 14. The van der Waals surface area contributed by atoms with Gasteiger partial charge in [-0.25, -0.2) is 9.97 Å². The molecule has 0 aliphatic carbocycles. The van der Waals surface area contributed by atoms with Crippen molar-refractivity contribution >= 4 is 41.1 Å². The van der Waals surface area contributed by atoms with Gasteiger partial charge in [0, 0.05) is 21.9 Å². The fourth-order valence-electron chi connectivity index (χ4n) is 3.97. The van der Waals surface area contributed by atoms with E-state index in [9.17, 15) is 20.1 Å². The molecule has 0 saturated carbocycles. The van der Waals surface area contributed by atoms with Crippen LogP contribution in [-0.4, -0.2) is 53.8 Å². The molecule has 0 saturated heterocycles. The molecule has 0 bridgehead atoms. The van der Waals surface area contributed by atoms with Gasteiger partial charge in [-0.3, -0.25) is 9.59 Å². The fourth-order valence-corrected chi connectivity index (χ4v) is 4.97. The van der Waals surface area contributed by atoms with Crippen LogP contribution in [0.5, 0.6) is 5.75 Å². The Morgan fingerprint density at radius 1 is 1.02 bits per heavy atom. The molecule has 0 fully saturated rings. The Kier molecular flexibility index (Phi) is 11.6.